The summed E-state index contributed by atoms with van der Waals surface area (Å²) in [5.74, 6) is 1.95. The fourth-order valence-corrected chi connectivity index (χ4v) is 8.05. The van der Waals surface area contributed by atoms with Crippen molar-refractivity contribution in [2.75, 3.05) is 0 Å². The first-order chi connectivity index (χ1) is 24.7. The minimum atomic E-state index is -0.0922. The Hall–Kier alpha value is -6.18. The molecular weight excluding hydrogens is 609 g/mol. The summed E-state index contributed by atoms with van der Waals surface area (Å²) in [6.07, 6.45) is 5.77. The Morgan fingerprint density at radius 3 is 1.36 bits per heavy atom. The van der Waals surface area contributed by atoms with E-state index in [0.29, 0.717) is 17.5 Å². The van der Waals surface area contributed by atoms with E-state index in [4.69, 9.17) is 15.0 Å². The molecule has 238 valence electrons. The van der Waals surface area contributed by atoms with E-state index in [9.17, 15) is 5.26 Å². The normalized spacial score (nSPS) is 14.1. The van der Waals surface area contributed by atoms with Crippen molar-refractivity contribution in [2.45, 2.75) is 37.5 Å². The largest absolute Gasteiger partial charge is 0.208 e. The highest BCUT2D eigenvalue weighted by Gasteiger charge is 2.44. The molecule has 0 unspecified atom stereocenters. The second-order valence-corrected chi connectivity index (χ2v) is 13.5. The molecule has 1 saturated carbocycles. The number of benzene rings is 6. The fourth-order valence-electron chi connectivity index (χ4n) is 8.05. The van der Waals surface area contributed by atoms with Crippen molar-refractivity contribution < 1.29 is 0 Å². The molecule has 0 saturated heterocycles. The van der Waals surface area contributed by atoms with Crippen LogP contribution in [-0.2, 0) is 5.41 Å². The molecule has 1 spiro atoms. The predicted molar refractivity (Wildman–Crippen MR) is 201 cm³/mol. The Bertz CT molecular complexity index is 2280. The van der Waals surface area contributed by atoms with E-state index in [-0.39, 0.29) is 5.41 Å². The number of fused-ring (bicyclic) bond motifs is 5. The van der Waals surface area contributed by atoms with Crippen LogP contribution in [0, 0.1) is 11.3 Å². The van der Waals surface area contributed by atoms with Crippen molar-refractivity contribution in [3.05, 3.63) is 162 Å². The standard InChI is InChI=1S/C46H34N4/c47-30-31-14-24-39-40-25-23-38(29-42(40)46(41(39)28-31)26-8-3-9-27-46)45-49-43(36-19-15-34(16-20-36)32-10-4-1-5-11-32)48-44(50-45)37-21-17-35(18-22-37)33-12-6-2-7-13-33/h1-2,4-7,10-25,28-29H,3,8-9,26-27H2. The van der Waals surface area contributed by atoms with Crippen molar-refractivity contribution in [1.82, 2.24) is 15.0 Å². The highest BCUT2D eigenvalue weighted by Crippen LogP contribution is 2.56. The zero-order valence-electron chi connectivity index (χ0n) is 27.7. The molecule has 2 aliphatic carbocycles. The lowest BCUT2D eigenvalue weighted by molar-refractivity contribution is 0.353. The minimum Gasteiger partial charge on any atom is -0.208 e. The first kappa shape index (κ1) is 29.9. The van der Waals surface area contributed by atoms with Gasteiger partial charge in [-0.2, -0.15) is 5.26 Å². The molecule has 0 amide bonds. The molecule has 0 atom stereocenters. The second-order valence-electron chi connectivity index (χ2n) is 13.5. The maximum Gasteiger partial charge on any atom is 0.164 e. The topological polar surface area (TPSA) is 62.5 Å². The lowest BCUT2D eigenvalue weighted by atomic mass is 9.67. The summed E-state index contributed by atoms with van der Waals surface area (Å²) in [5, 5.41) is 9.78. The van der Waals surface area contributed by atoms with Crippen LogP contribution in [0.25, 0.3) is 67.5 Å². The molecule has 1 fully saturated rings. The van der Waals surface area contributed by atoms with Crippen LogP contribution in [0.5, 0.6) is 0 Å². The Morgan fingerprint density at radius 1 is 0.420 bits per heavy atom. The number of rotatable bonds is 5. The molecule has 0 radical (unpaired) electrons. The number of hydrogen-bond donors (Lipinski definition) is 0. The Kier molecular flexibility index (Phi) is 7.40. The smallest absolute Gasteiger partial charge is 0.164 e. The Balaban J connectivity index is 1.17. The molecular formula is C46H34N4. The van der Waals surface area contributed by atoms with Crippen LogP contribution < -0.4 is 0 Å². The first-order valence-electron chi connectivity index (χ1n) is 17.5. The summed E-state index contributed by atoms with van der Waals surface area (Å²) in [6, 6.07) is 53.1. The molecule has 50 heavy (non-hydrogen) atoms. The van der Waals surface area contributed by atoms with Crippen LogP contribution in [0.4, 0.5) is 0 Å². The van der Waals surface area contributed by atoms with Gasteiger partial charge in [0.25, 0.3) is 0 Å². The van der Waals surface area contributed by atoms with Crippen LogP contribution in [0.1, 0.15) is 48.8 Å². The van der Waals surface area contributed by atoms with Crippen molar-refractivity contribution in [2.24, 2.45) is 0 Å². The third kappa shape index (κ3) is 5.19. The zero-order chi connectivity index (χ0) is 33.5. The Labute approximate surface area is 292 Å². The summed E-state index contributed by atoms with van der Waals surface area (Å²) in [7, 11) is 0. The molecule has 9 rings (SSSR count). The van der Waals surface area contributed by atoms with E-state index in [1.165, 1.54) is 52.6 Å². The van der Waals surface area contributed by atoms with Gasteiger partial charge in [-0.3, -0.25) is 0 Å². The van der Waals surface area contributed by atoms with Gasteiger partial charge in [-0.1, -0.05) is 147 Å². The van der Waals surface area contributed by atoms with Gasteiger partial charge in [0.05, 0.1) is 11.6 Å². The van der Waals surface area contributed by atoms with Crippen molar-refractivity contribution in [3.8, 4) is 73.6 Å². The van der Waals surface area contributed by atoms with Gasteiger partial charge in [-0.05, 0) is 75.5 Å². The van der Waals surface area contributed by atoms with Gasteiger partial charge >= 0.3 is 0 Å². The van der Waals surface area contributed by atoms with Gasteiger partial charge < -0.3 is 0 Å². The molecule has 7 aromatic rings. The molecule has 0 aliphatic heterocycles. The lowest BCUT2D eigenvalue weighted by Crippen LogP contribution is -2.28. The van der Waals surface area contributed by atoms with E-state index in [1.54, 1.807) is 0 Å². The molecule has 1 aromatic heterocycles. The summed E-state index contributed by atoms with van der Waals surface area (Å²) >= 11 is 0. The summed E-state index contributed by atoms with van der Waals surface area (Å²) in [5.41, 5.74) is 13.3. The highest BCUT2D eigenvalue weighted by atomic mass is 15.0. The molecule has 0 bridgehead atoms. The van der Waals surface area contributed by atoms with Crippen LogP contribution >= 0.6 is 0 Å². The van der Waals surface area contributed by atoms with Crippen LogP contribution in [-0.4, -0.2) is 15.0 Å². The monoisotopic (exact) mass is 642 g/mol. The summed E-state index contributed by atoms with van der Waals surface area (Å²) < 4.78 is 0. The van der Waals surface area contributed by atoms with Crippen LogP contribution in [0.3, 0.4) is 0 Å². The number of hydrogen-bond acceptors (Lipinski definition) is 4. The third-order valence-electron chi connectivity index (χ3n) is 10.6. The molecule has 4 heteroatoms. The minimum absolute atomic E-state index is 0.0922. The highest BCUT2D eigenvalue weighted by molar-refractivity contribution is 5.84. The number of nitriles is 1. The Morgan fingerprint density at radius 2 is 0.840 bits per heavy atom. The number of aromatic nitrogens is 3. The van der Waals surface area contributed by atoms with Gasteiger partial charge in [-0.25, -0.2) is 15.0 Å². The van der Waals surface area contributed by atoms with E-state index in [2.05, 4.69) is 133 Å². The van der Waals surface area contributed by atoms with Crippen molar-refractivity contribution in [1.29, 1.82) is 5.26 Å². The van der Waals surface area contributed by atoms with Gasteiger partial charge in [0.2, 0.25) is 0 Å². The van der Waals surface area contributed by atoms with Gasteiger partial charge in [0.15, 0.2) is 17.5 Å². The van der Waals surface area contributed by atoms with Gasteiger partial charge in [0.1, 0.15) is 0 Å². The second kappa shape index (κ2) is 12.4. The molecule has 0 N–H and O–H groups in total. The third-order valence-corrected chi connectivity index (χ3v) is 10.6. The van der Waals surface area contributed by atoms with Gasteiger partial charge in [0, 0.05) is 22.1 Å². The van der Waals surface area contributed by atoms with Crippen molar-refractivity contribution in [3.63, 3.8) is 0 Å². The quantitative estimate of drug-likeness (QED) is 0.187. The molecule has 4 nitrogen and oxygen atoms in total. The average Bonchev–Trinajstić information content (AvgIpc) is 3.46. The van der Waals surface area contributed by atoms with Crippen LogP contribution in [0.15, 0.2) is 146 Å². The van der Waals surface area contributed by atoms with E-state index >= 15 is 0 Å². The SMILES string of the molecule is N#Cc1ccc2c(c1)C1(CCCCC1)c1cc(-c3nc(-c4ccc(-c5ccccc5)cc4)nc(-c4ccc(-c5ccccc5)cc4)n3)ccc1-2. The maximum absolute atomic E-state index is 9.78. The number of nitrogens with zero attached hydrogens (tertiary/aromatic N) is 4. The molecule has 6 aromatic carbocycles. The van der Waals surface area contributed by atoms with E-state index in [0.717, 1.165) is 46.2 Å². The maximum atomic E-state index is 9.78. The van der Waals surface area contributed by atoms with E-state index < -0.39 is 0 Å². The summed E-state index contributed by atoms with van der Waals surface area (Å²) in [6.45, 7) is 0. The zero-order valence-corrected chi connectivity index (χ0v) is 27.7. The molecule has 2 aliphatic rings. The predicted octanol–water partition coefficient (Wildman–Crippen LogP) is 11.3. The lowest BCUT2D eigenvalue weighted by Gasteiger charge is -2.36. The average molecular weight is 643 g/mol. The van der Waals surface area contributed by atoms with E-state index in [1.807, 2.05) is 18.2 Å². The molecule has 1 heterocycles. The fraction of sp³-hybridized carbons (Fsp3) is 0.130. The van der Waals surface area contributed by atoms with Gasteiger partial charge in [-0.15, -0.1) is 0 Å². The van der Waals surface area contributed by atoms with Crippen LogP contribution in [0.2, 0.25) is 0 Å². The van der Waals surface area contributed by atoms with Crippen molar-refractivity contribution >= 4 is 0 Å². The first-order valence-corrected chi connectivity index (χ1v) is 17.5. The summed E-state index contributed by atoms with van der Waals surface area (Å²) in [4.78, 5) is 15.3.